The van der Waals surface area contributed by atoms with Gasteiger partial charge in [0.2, 0.25) is 10.0 Å². The van der Waals surface area contributed by atoms with Crippen molar-refractivity contribution in [2.24, 2.45) is 5.14 Å². The second kappa shape index (κ2) is 8.28. The van der Waals surface area contributed by atoms with Crippen molar-refractivity contribution >= 4 is 27.8 Å². The largest absolute Gasteiger partial charge is 0.451 e. The molecule has 1 amide bonds. The van der Waals surface area contributed by atoms with E-state index in [2.05, 4.69) is 5.32 Å². The summed E-state index contributed by atoms with van der Waals surface area (Å²) in [7, 11) is -3.90. The fourth-order valence-corrected chi connectivity index (χ4v) is 2.68. The van der Waals surface area contributed by atoms with Gasteiger partial charge < -0.3 is 10.1 Å². The van der Waals surface area contributed by atoms with E-state index in [1.165, 1.54) is 32.1 Å². The van der Waals surface area contributed by atoms with Crippen LogP contribution in [0.5, 0.6) is 11.5 Å². The van der Waals surface area contributed by atoms with Gasteiger partial charge in [-0.25, -0.2) is 22.3 Å². The van der Waals surface area contributed by atoms with Gasteiger partial charge in [0.1, 0.15) is 5.75 Å². The molecule has 0 radical (unpaired) electrons. The van der Waals surface area contributed by atoms with Crippen LogP contribution >= 0.6 is 0 Å². The Bertz CT molecular complexity index is 1040. The maximum atomic E-state index is 14.3. The van der Waals surface area contributed by atoms with E-state index >= 15 is 0 Å². The minimum Gasteiger partial charge on any atom is -0.451 e. The third-order valence-corrected chi connectivity index (χ3v) is 4.36. The van der Waals surface area contributed by atoms with Gasteiger partial charge >= 0.3 is 0 Å². The number of primary sulfonamides is 1. The third-order valence-electron chi connectivity index (χ3n) is 3.44. The molecule has 10 heteroatoms. The number of halogens is 2. The molecule has 0 fully saturated rings. The Morgan fingerprint density at radius 2 is 1.68 bits per heavy atom. The monoisotopic (exact) mass is 409 g/mol. The molecule has 2 rings (SSSR count). The highest BCUT2D eigenvalue weighted by atomic mass is 32.2. The Morgan fingerprint density at radius 1 is 1.14 bits per heavy atom. The first-order valence-corrected chi connectivity index (χ1v) is 9.36. The van der Waals surface area contributed by atoms with Crippen LogP contribution in [0.3, 0.4) is 0 Å². The second-order valence-corrected chi connectivity index (χ2v) is 7.40. The summed E-state index contributed by atoms with van der Waals surface area (Å²) < 4.78 is 56.1. The fraction of sp³-hybridized carbons (Fsp3) is 0.111. The normalized spacial score (nSPS) is 11.8. The Kier molecular flexibility index (Phi) is 6.26. The molecule has 0 atom stereocenters. The zero-order chi connectivity index (χ0) is 21.1. The summed E-state index contributed by atoms with van der Waals surface area (Å²) in [6.45, 7) is 2.82. The predicted octanol–water partition coefficient (Wildman–Crippen LogP) is 2.92. The Hall–Kier alpha value is -3.11. The second-order valence-electron chi connectivity index (χ2n) is 5.84. The van der Waals surface area contributed by atoms with E-state index in [1.54, 1.807) is 0 Å². The van der Waals surface area contributed by atoms with Crippen LogP contribution in [0.1, 0.15) is 19.4 Å². The molecule has 0 saturated carbocycles. The van der Waals surface area contributed by atoms with E-state index in [-0.39, 0.29) is 27.6 Å². The number of hydrogen-bond donors (Lipinski definition) is 3. The van der Waals surface area contributed by atoms with Crippen LogP contribution in [0.25, 0.3) is 6.08 Å². The molecule has 0 aliphatic rings. The smallest absolute Gasteiger partial charge is 0.252 e. The predicted molar refractivity (Wildman–Crippen MR) is 99.4 cm³/mol. The number of carbonyl (C=O) groups is 1. The van der Waals surface area contributed by atoms with Gasteiger partial charge in [-0.1, -0.05) is 0 Å². The average molecular weight is 409 g/mol. The van der Waals surface area contributed by atoms with Gasteiger partial charge in [-0.05, 0) is 61.9 Å². The third kappa shape index (κ3) is 5.44. The van der Waals surface area contributed by atoms with Gasteiger partial charge in [-0.3, -0.25) is 10.2 Å². The van der Waals surface area contributed by atoms with E-state index in [1.807, 2.05) is 0 Å². The number of carbonyl (C=O) groups excluding carboxylic acids is 1. The SMILES string of the molecule is CC(=N)NC(=O)/C(C)=C/c1cc(F)c(Oc2ccc(S(N)(=O)=O)cc2)c(F)c1. The van der Waals surface area contributed by atoms with Crippen molar-refractivity contribution in [3.05, 3.63) is 59.2 Å². The molecule has 0 saturated heterocycles. The number of nitrogens with two attached hydrogens (primary N) is 1. The van der Waals surface area contributed by atoms with Crippen LogP contribution in [-0.2, 0) is 14.8 Å². The first-order valence-electron chi connectivity index (χ1n) is 7.82. The number of sulfonamides is 1. The molecule has 148 valence electrons. The lowest BCUT2D eigenvalue weighted by molar-refractivity contribution is -0.116. The summed E-state index contributed by atoms with van der Waals surface area (Å²) in [6, 6.07) is 6.66. The van der Waals surface area contributed by atoms with E-state index in [9.17, 15) is 22.0 Å². The molecule has 2 aromatic rings. The lowest BCUT2D eigenvalue weighted by Gasteiger charge is -2.10. The zero-order valence-electron chi connectivity index (χ0n) is 14.9. The van der Waals surface area contributed by atoms with Crippen molar-refractivity contribution in [1.29, 1.82) is 5.41 Å². The zero-order valence-corrected chi connectivity index (χ0v) is 15.7. The molecule has 7 nitrogen and oxygen atoms in total. The van der Waals surface area contributed by atoms with Crippen molar-refractivity contribution in [1.82, 2.24) is 5.32 Å². The topological polar surface area (TPSA) is 122 Å². The van der Waals surface area contributed by atoms with Crippen LogP contribution in [0.4, 0.5) is 8.78 Å². The number of hydrogen-bond acceptors (Lipinski definition) is 5. The molecular formula is C18H17F2N3O4S. The number of rotatable bonds is 5. The highest BCUT2D eigenvalue weighted by Crippen LogP contribution is 2.29. The number of amides is 1. The maximum absolute atomic E-state index is 14.3. The highest BCUT2D eigenvalue weighted by Gasteiger charge is 2.15. The quantitative estimate of drug-likeness (QED) is 0.399. The first-order chi connectivity index (χ1) is 13.0. The molecule has 0 bridgehead atoms. The number of nitrogens with one attached hydrogen (secondary N) is 2. The molecule has 2 aromatic carbocycles. The summed E-state index contributed by atoms with van der Waals surface area (Å²) in [4.78, 5) is 11.6. The van der Waals surface area contributed by atoms with E-state index < -0.39 is 33.3 Å². The molecule has 0 aromatic heterocycles. The molecule has 0 heterocycles. The van der Waals surface area contributed by atoms with Crippen molar-refractivity contribution in [2.45, 2.75) is 18.7 Å². The van der Waals surface area contributed by atoms with Crippen LogP contribution in [0.2, 0.25) is 0 Å². The first kappa shape index (κ1) is 21.2. The Labute approximate surface area is 160 Å². The van der Waals surface area contributed by atoms with Crippen LogP contribution in [0.15, 0.2) is 46.9 Å². The highest BCUT2D eigenvalue weighted by molar-refractivity contribution is 7.89. The van der Waals surface area contributed by atoms with Crippen LogP contribution in [0, 0.1) is 17.0 Å². The molecular weight excluding hydrogens is 392 g/mol. The van der Waals surface area contributed by atoms with Gasteiger partial charge in [0.15, 0.2) is 17.4 Å². The molecule has 28 heavy (non-hydrogen) atoms. The summed E-state index contributed by atoms with van der Waals surface area (Å²) >= 11 is 0. The molecule has 4 N–H and O–H groups in total. The van der Waals surface area contributed by atoms with Gasteiger partial charge in [-0.2, -0.15) is 0 Å². The summed E-state index contributed by atoms with van der Waals surface area (Å²) in [5.74, 6) is -3.34. The van der Waals surface area contributed by atoms with Crippen molar-refractivity contribution in [2.75, 3.05) is 0 Å². The fourth-order valence-electron chi connectivity index (χ4n) is 2.16. The van der Waals surface area contributed by atoms with Gasteiger partial charge in [0, 0.05) is 5.57 Å². The molecule has 0 aliphatic carbocycles. The van der Waals surface area contributed by atoms with Crippen LogP contribution in [-0.4, -0.2) is 20.2 Å². The summed E-state index contributed by atoms with van der Waals surface area (Å²) in [6.07, 6.45) is 1.26. The van der Waals surface area contributed by atoms with Gasteiger partial charge in [-0.15, -0.1) is 0 Å². The maximum Gasteiger partial charge on any atom is 0.252 e. The summed E-state index contributed by atoms with van der Waals surface area (Å²) in [5, 5.41) is 14.5. The van der Waals surface area contributed by atoms with Crippen molar-refractivity contribution in [3.8, 4) is 11.5 Å². The van der Waals surface area contributed by atoms with Gasteiger partial charge in [0.05, 0.1) is 10.7 Å². The minimum absolute atomic E-state index is 0.00510. The van der Waals surface area contributed by atoms with Crippen molar-refractivity contribution in [3.63, 3.8) is 0 Å². The van der Waals surface area contributed by atoms with E-state index in [0.29, 0.717) is 0 Å². The lowest BCUT2D eigenvalue weighted by atomic mass is 10.1. The Morgan fingerprint density at radius 3 is 2.14 bits per heavy atom. The van der Waals surface area contributed by atoms with Crippen molar-refractivity contribution < 1.29 is 26.7 Å². The van der Waals surface area contributed by atoms with E-state index in [4.69, 9.17) is 15.3 Å². The number of ether oxygens (including phenoxy) is 1. The summed E-state index contributed by atoms with van der Waals surface area (Å²) in [5.41, 5.74) is 0.236. The van der Waals surface area contributed by atoms with Crippen LogP contribution < -0.4 is 15.2 Å². The molecule has 0 unspecified atom stereocenters. The lowest BCUT2D eigenvalue weighted by Crippen LogP contribution is -2.27. The average Bonchev–Trinajstić information content (AvgIpc) is 2.57. The van der Waals surface area contributed by atoms with E-state index in [0.717, 1.165) is 24.3 Å². The molecule has 0 aliphatic heterocycles. The standard InChI is InChI=1S/C18H17F2N3O4S/c1-10(18(24)23-11(2)21)7-12-8-15(19)17(16(20)9-12)27-13-3-5-14(6-4-13)28(22,25)26/h3-9H,1-2H3,(H2,21,23,24)(H2,22,25,26)/b10-7+. The number of benzene rings is 2. The minimum atomic E-state index is -3.90. The number of amidine groups is 1. The Balaban J connectivity index is 2.27. The molecule has 0 spiro atoms. The van der Waals surface area contributed by atoms with Gasteiger partial charge in [0.25, 0.3) is 5.91 Å².